The number of benzene rings is 3. The number of hydrogen-bond donors (Lipinski definition) is 1. The Bertz CT molecular complexity index is 1410. The maximum Gasteiger partial charge on any atom is 0.105 e. The van der Waals surface area contributed by atoms with E-state index in [4.69, 9.17) is 0 Å². The fourth-order valence-corrected chi connectivity index (χ4v) is 5.50. The summed E-state index contributed by atoms with van der Waals surface area (Å²) in [4.78, 5) is 6.12. The summed E-state index contributed by atoms with van der Waals surface area (Å²) in [5, 5.41) is 10.7. The molecule has 0 saturated heterocycles. The van der Waals surface area contributed by atoms with Crippen LogP contribution in [0.3, 0.4) is 0 Å². The van der Waals surface area contributed by atoms with Crippen molar-refractivity contribution in [1.29, 1.82) is 0 Å². The van der Waals surface area contributed by atoms with E-state index in [1.54, 1.807) is 22.7 Å². The molecule has 7 aromatic rings. The Hall–Kier alpha value is -3.32. The molecule has 3 aromatic carbocycles. The Balaban J connectivity index is 0.000000103. The SMILES string of the molecule is c1ccc2c(c1)[nH]c1ccccc12.c1ccc2snnc2c1.c1csc(-c2cccs2)c1. The largest absolute Gasteiger partial charge is 0.355 e. The number of para-hydroxylation sites is 2. The first-order valence-corrected chi connectivity index (χ1v) is 12.6. The van der Waals surface area contributed by atoms with E-state index in [0.717, 1.165) is 10.2 Å². The zero-order valence-corrected chi connectivity index (χ0v) is 19.5. The molecule has 0 unspecified atom stereocenters. The lowest BCUT2D eigenvalue weighted by Gasteiger charge is -1.87. The highest BCUT2D eigenvalue weighted by Crippen LogP contribution is 2.28. The number of nitrogens with one attached hydrogen (secondary N) is 1. The second-order valence-electron chi connectivity index (χ2n) is 6.91. The summed E-state index contributed by atoms with van der Waals surface area (Å²) < 4.78 is 4.94. The van der Waals surface area contributed by atoms with E-state index >= 15 is 0 Å². The zero-order valence-electron chi connectivity index (χ0n) is 17.0. The van der Waals surface area contributed by atoms with Crippen molar-refractivity contribution in [1.82, 2.24) is 14.6 Å². The Morgan fingerprint density at radius 2 is 1.12 bits per heavy atom. The van der Waals surface area contributed by atoms with Gasteiger partial charge in [0.15, 0.2) is 0 Å². The van der Waals surface area contributed by atoms with Crippen LogP contribution in [0.1, 0.15) is 0 Å². The third kappa shape index (κ3) is 4.62. The average Bonchev–Trinajstić information content (AvgIpc) is 3.65. The van der Waals surface area contributed by atoms with Crippen LogP contribution in [0.25, 0.3) is 41.8 Å². The third-order valence-electron chi connectivity index (χ3n) is 4.85. The van der Waals surface area contributed by atoms with Gasteiger partial charge < -0.3 is 4.98 Å². The van der Waals surface area contributed by atoms with Gasteiger partial charge in [0.05, 0.1) is 4.70 Å². The standard InChI is InChI=1S/C12H9N.C8H6S2.C6H4N2S/c1-3-7-11-9(5-1)10-6-2-4-8-12(10)13-11;1-3-7(9-5-1)8-4-2-6-10-8;1-2-4-6-5(3-1)7-8-9-6/h1-8,13H;1-6H;1-4H. The number of hydrogen-bond acceptors (Lipinski definition) is 5. The maximum atomic E-state index is 3.89. The molecule has 0 bridgehead atoms. The van der Waals surface area contributed by atoms with Crippen LogP contribution < -0.4 is 0 Å². The number of rotatable bonds is 1. The van der Waals surface area contributed by atoms with Crippen molar-refractivity contribution in [2.45, 2.75) is 0 Å². The highest BCUT2D eigenvalue weighted by Gasteiger charge is 2.00. The van der Waals surface area contributed by atoms with E-state index < -0.39 is 0 Å². The Labute approximate surface area is 197 Å². The van der Waals surface area contributed by atoms with Crippen molar-refractivity contribution >= 4 is 66.2 Å². The first-order valence-electron chi connectivity index (χ1n) is 10.1. The molecule has 0 saturated carbocycles. The molecule has 0 aliphatic rings. The second-order valence-corrected chi connectivity index (χ2v) is 9.59. The van der Waals surface area contributed by atoms with Crippen molar-refractivity contribution in [3.8, 4) is 9.75 Å². The van der Waals surface area contributed by atoms with Gasteiger partial charge in [0.25, 0.3) is 0 Å². The van der Waals surface area contributed by atoms with Crippen molar-refractivity contribution < 1.29 is 0 Å². The van der Waals surface area contributed by atoms with Gasteiger partial charge in [-0.1, -0.05) is 65.2 Å². The first-order chi connectivity index (χ1) is 15.9. The van der Waals surface area contributed by atoms with Gasteiger partial charge in [0, 0.05) is 31.6 Å². The topological polar surface area (TPSA) is 41.6 Å². The quantitative estimate of drug-likeness (QED) is 0.262. The van der Waals surface area contributed by atoms with Crippen LogP contribution in [0.5, 0.6) is 0 Å². The van der Waals surface area contributed by atoms with Crippen molar-refractivity contribution in [2.75, 3.05) is 0 Å². The van der Waals surface area contributed by atoms with Gasteiger partial charge >= 0.3 is 0 Å². The highest BCUT2D eigenvalue weighted by atomic mass is 32.1. The van der Waals surface area contributed by atoms with Crippen LogP contribution in [0, 0.1) is 0 Å². The molecule has 0 spiro atoms. The van der Waals surface area contributed by atoms with E-state index in [1.807, 2.05) is 24.3 Å². The minimum absolute atomic E-state index is 0.988. The van der Waals surface area contributed by atoms with Gasteiger partial charge in [-0.25, -0.2) is 0 Å². The van der Waals surface area contributed by atoms with E-state index in [9.17, 15) is 0 Å². The molecule has 7 rings (SSSR count). The van der Waals surface area contributed by atoms with Crippen LogP contribution in [-0.4, -0.2) is 14.6 Å². The second kappa shape index (κ2) is 9.87. The molecule has 0 aliphatic heterocycles. The third-order valence-corrected chi connectivity index (χ3v) is 7.49. The average molecular weight is 470 g/mol. The number of nitrogens with zero attached hydrogens (tertiary/aromatic N) is 2. The summed E-state index contributed by atoms with van der Waals surface area (Å²) in [6.45, 7) is 0. The number of fused-ring (bicyclic) bond motifs is 4. The molecule has 0 aliphatic carbocycles. The number of aromatic amines is 1. The summed E-state index contributed by atoms with van der Waals surface area (Å²) in [5.74, 6) is 0. The molecule has 0 radical (unpaired) electrons. The van der Waals surface area contributed by atoms with Crippen LogP contribution in [0.15, 0.2) is 108 Å². The fraction of sp³-hybridized carbons (Fsp3) is 0. The number of aromatic nitrogens is 3. The molecule has 0 amide bonds. The smallest absolute Gasteiger partial charge is 0.105 e. The Morgan fingerprint density at radius 1 is 0.562 bits per heavy atom. The fourth-order valence-electron chi connectivity index (χ4n) is 3.36. The normalized spacial score (nSPS) is 10.5. The van der Waals surface area contributed by atoms with Crippen molar-refractivity contribution in [2.24, 2.45) is 0 Å². The molecule has 32 heavy (non-hydrogen) atoms. The van der Waals surface area contributed by atoms with Crippen LogP contribution in [-0.2, 0) is 0 Å². The lowest BCUT2D eigenvalue weighted by Crippen LogP contribution is -1.63. The zero-order chi connectivity index (χ0) is 21.6. The molecule has 4 heterocycles. The summed E-state index contributed by atoms with van der Waals surface area (Å²) in [6, 6.07) is 33.1. The van der Waals surface area contributed by atoms with E-state index in [-0.39, 0.29) is 0 Å². The van der Waals surface area contributed by atoms with Gasteiger partial charge in [-0.2, -0.15) is 0 Å². The summed E-state index contributed by atoms with van der Waals surface area (Å²) in [7, 11) is 0. The Morgan fingerprint density at radius 3 is 1.69 bits per heavy atom. The molecule has 0 atom stereocenters. The first kappa shape index (κ1) is 20.6. The molecule has 4 aromatic heterocycles. The minimum Gasteiger partial charge on any atom is -0.355 e. The lowest BCUT2D eigenvalue weighted by atomic mass is 10.2. The molecular formula is C26H19N3S3. The molecule has 156 valence electrons. The van der Waals surface area contributed by atoms with Gasteiger partial charge in [0.2, 0.25) is 0 Å². The molecular weight excluding hydrogens is 451 g/mol. The molecule has 3 nitrogen and oxygen atoms in total. The number of thiophene rings is 2. The van der Waals surface area contributed by atoms with E-state index in [0.29, 0.717) is 0 Å². The van der Waals surface area contributed by atoms with E-state index in [1.165, 1.54) is 43.1 Å². The summed E-state index contributed by atoms with van der Waals surface area (Å²) in [5.41, 5.74) is 3.41. The highest BCUT2D eigenvalue weighted by molar-refractivity contribution is 7.20. The Kier molecular flexibility index (Phi) is 6.35. The molecule has 0 fully saturated rings. The maximum absolute atomic E-state index is 3.89. The van der Waals surface area contributed by atoms with Crippen molar-refractivity contribution in [3.63, 3.8) is 0 Å². The lowest BCUT2D eigenvalue weighted by molar-refractivity contribution is 1.20. The van der Waals surface area contributed by atoms with Crippen LogP contribution >= 0.6 is 34.2 Å². The number of H-pyrrole nitrogens is 1. The summed E-state index contributed by atoms with van der Waals surface area (Å²) >= 11 is 5.01. The molecule has 6 heteroatoms. The predicted molar refractivity (Wildman–Crippen MR) is 141 cm³/mol. The van der Waals surface area contributed by atoms with E-state index in [2.05, 4.69) is 98.1 Å². The van der Waals surface area contributed by atoms with Crippen LogP contribution in [0.2, 0.25) is 0 Å². The molecule has 1 N–H and O–H groups in total. The van der Waals surface area contributed by atoms with Crippen LogP contribution in [0.4, 0.5) is 0 Å². The predicted octanol–water partition coefficient (Wildman–Crippen LogP) is 8.49. The van der Waals surface area contributed by atoms with Gasteiger partial charge in [-0.15, -0.1) is 27.8 Å². The van der Waals surface area contributed by atoms with Gasteiger partial charge in [0.1, 0.15) is 5.52 Å². The monoisotopic (exact) mass is 469 g/mol. The van der Waals surface area contributed by atoms with Gasteiger partial charge in [-0.3, -0.25) is 0 Å². The summed E-state index contributed by atoms with van der Waals surface area (Å²) in [6.07, 6.45) is 0. The van der Waals surface area contributed by atoms with Gasteiger partial charge in [-0.05, 0) is 58.7 Å². The minimum atomic E-state index is 0.988. The van der Waals surface area contributed by atoms with Crippen molar-refractivity contribution in [3.05, 3.63) is 108 Å².